The molecule has 1 fully saturated rings. The predicted octanol–water partition coefficient (Wildman–Crippen LogP) is 1.44. The molecule has 1 atom stereocenters. The monoisotopic (exact) mass is 207 g/mol. The standard InChI is InChI=1S/C9H15F2NO2/c10-8(11)6-12-4-1-2-7(3-5-12)9(13)14/h7-8H,1-6H2,(H,13,14). The summed E-state index contributed by atoms with van der Waals surface area (Å²) >= 11 is 0. The van der Waals surface area contributed by atoms with Gasteiger partial charge in [-0.1, -0.05) is 0 Å². The van der Waals surface area contributed by atoms with Crippen molar-refractivity contribution >= 4 is 5.97 Å². The van der Waals surface area contributed by atoms with Gasteiger partial charge in [0.25, 0.3) is 6.43 Å². The lowest BCUT2D eigenvalue weighted by molar-refractivity contribution is -0.142. The molecule has 0 amide bonds. The van der Waals surface area contributed by atoms with Gasteiger partial charge in [-0.3, -0.25) is 9.69 Å². The summed E-state index contributed by atoms with van der Waals surface area (Å²) in [6.07, 6.45) is -0.530. The highest BCUT2D eigenvalue weighted by Gasteiger charge is 2.23. The Bertz CT molecular complexity index is 199. The maximum atomic E-state index is 12.0. The van der Waals surface area contributed by atoms with Gasteiger partial charge in [-0.2, -0.15) is 0 Å². The Kier molecular flexibility index (Phi) is 4.25. The molecule has 1 aliphatic rings. The quantitative estimate of drug-likeness (QED) is 0.761. The number of carbonyl (C=O) groups is 1. The first-order valence-electron chi connectivity index (χ1n) is 4.83. The minimum Gasteiger partial charge on any atom is -0.481 e. The van der Waals surface area contributed by atoms with E-state index in [1.807, 2.05) is 0 Å². The maximum absolute atomic E-state index is 12.0. The van der Waals surface area contributed by atoms with Crippen molar-refractivity contribution in [2.24, 2.45) is 5.92 Å². The molecule has 0 radical (unpaired) electrons. The summed E-state index contributed by atoms with van der Waals surface area (Å²) in [4.78, 5) is 12.3. The summed E-state index contributed by atoms with van der Waals surface area (Å²) in [6, 6.07) is 0. The summed E-state index contributed by atoms with van der Waals surface area (Å²) in [7, 11) is 0. The molecule has 5 heteroatoms. The molecule has 82 valence electrons. The molecular weight excluding hydrogens is 192 g/mol. The first kappa shape index (κ1) is 11.4. The van der Waals surface area contributed by atoms with E-state index in [1.165, 1.54) is 0 Å². The molecule has 14 heavy (non-hydrogen) atoms. The fraction of sp³-hybridized carbons (Fsp3) is 0.889. The third-order valence-corrected chi connectivity index (χ3v) is 2.57. The van der Waals surface area contributed by atoms with Crippen LogP contribution in [0.15, 0.2) is 0 Å². The van der Waals surface area contributed by atoms with Crippen LogP contribution in [-0.2, 0) is 4.79 Å². The van der Waals surface area contributed by atoms with Gasteiger partial charge in [0.05, 0.1) is 12.5 Å². The van der Waals surface area contributed by atoms with Crippen LogP contribution in [0.3, 0.4) is 0 Å². The van der Waals surface area contributed by atoms with Crippen molar-refractivity contribution in [3.63, 3.8) is 0 Å². The van der Waals surface area contributed by atoms with Crippen molar-refractivity contribution in [2.45, 2.75) is 25.7 Å². The van der Waals surface area contributed by atoms with Crippen LogP contribution in [0.4, 0.5) is 8.78 Å². The van der Waals surface area contributed by atoms with Gasteiger partial charge >= 0.3 is 5.97 Å². The molecule has 0 saturated carbocycles. The zero-order valence-electron chi connectivity index (χ0n) is 7.96. The fourth-order valence-corrected chi connectivity index (χ4v) is 1.78. The number of alkyl halides is 2. The van der Waals surface area contributed by atoms with Crippen molar-refractivity contribution in [3.8, 4) is 0 Å². The molecule has 0 aromatic heterocycles. The Morgan fingerprint density at radius 2 is 2.14 bits per heavy atom. The lowest BCUT2D eigenvalue weighted by atomic mass is 10.0. The van der Waals surface area contributed by atoms with Crippen LogP contribution in [0.2, 0.25) is 0 Å². The van der Waals surface area contributed by atoms with E-state index in [9.17, 15) is 13.6 Å². The smallest absolute Gasteiger partial charge is 0.306 e. The summed E-state index contributed by atoms with van der Waals surface area (Å²) in [5.74, 6) is -1.15. The van der Waals surface area contributed by atoms with Gasteiger partial charge in [0.2, 0.25) is 0 Å². The van der Waals surface area contributed by atoms with Crippen LogP contribution in [-0.4, -0.2) is 42.0 Å². The van der Waals surface area contributed by atoms with Crippen molar-refractivity contribution in [3.05, 3.63) is 0 Å². The molecular formula is C9H15F2NO2. The van der Waals surface area contributed by atoms with Gasteiger partial charge in [0.15, 0.2) is 0 Å². The minimum atomic E-state index is -2.32. The number of nitrogens with zero attached hydrogens (tertiary/aromatic N) is 1. The molecule has 1 saturated heterocycles. The van der Waals surface area contributed by atoms with Gasteiger partial charge in [0, 0.05) is 0 Å². The highest BCUT2D eigenvalue weighted by Crippen LogP contribution is 2.18. The Labute approximate surface area is 81.7 Å². The van der Waals surface area contributed by atoms with Crippen molar-refractivity contribution in [1.29, 1.82) is 0 Å². The lowest BCUT2D eigenvalue weighted by Gasteiger charge is -2.18. The van der Waals surface area contributed by atoms with Crippen molar-refractivity contribution < 1.29 is 18.7 Å². The number of rotatable bonds is 3. The number of likely N-dealkylation sites (tertiary alicyclic amines) is 1. The molecule has 0 bridgehead atoms. The second kappa shape index (κ2) is 5.24. The number of aliphatic carboxylic acids is 1. The average Bonchev–Trinajstić information content (AvgIpc) is 2.28. The number of hydrogen-bond acceptors (Lipinski definition) is 2. The zero-order valence-corrected chi connectivity index (χ0v) is 7.96. The van der Waals surface area contributed by atoms with Gasteiger partial charge < -0.3 is 5.11 Å². The number of hydrogen-bond donors (Lipinski definition) is 1. The van der Waals surface area contributed by atoms with Crippen LogP contribution in [0, 0.1) is 5.92 Å². The largest absolute Gasteiger partial charge is 0.481 e. The number of carboxylic acids is 1. The number of halogens is 2. The maximum Gasteiger partial charge on any atom is 0.306 e. The molecule has 1 N–H and O–H groups in total. The average molecular weight is 207 g/mol. The van der Waals surface area contributed by atoms with Gasteiger partial charge in [-0.05, 0) is 32.4 Å². The van der Waals surface area contributed by atoms with Gasteiger partial charge in [-0.25, -0.2) is 8.78 Å². The predicted molar refractivity (Wildman–Crippen MR) is 47.4 cm³/mol. The van der Waals surface area contributed by atoms with E-state index in [0.29, 0.717) is 32.4 Å². The van der Waals surface area contributed by atoms with E-state index in [0.717, 1.165) is 0 Å². The Morgan fingerprint density at radius 3 is 2.71 bits per heavy atom. The molecule has 1 heterocycles. The topological polar surface area (TPSA) is 40.5 Å². The molecule has 3 nitrogen and oxygen atoms in total. The summed E-state index contributed by atoms with van der Waals surface area (Å²) in [5, 5.41) is 8.76. The van der Waals surface area contributed by atoms with Crippen molar-refractivity contribution in [2.75, 3.05) is 19.6 Å². The molecule has 0 spiro atoms. The summed E-state index contributed by atoms with van der Waals surface area (Å²) < 4.78 is 24.1. The van der Waals surface area contributed by atoms with E-state index in [1.54, 1.807) is 4.90 Å². The van der Waals surface area contributed by atoms with Crippen LogP contribution in [0.5, 0.6) is 0 Å². The lowest BCUT2D eigenvalue weighted by Crippen LogP contribution is -2.30. The molecule has 1 rings (SSSR count). The van der Waals surface area contributed by atoms with E-state index in [-0.39, 0.29) is 12.5 Å². The van der Waals surface area contributed by atoms with Crippen LogP contribution in [0.1, 0.15) is 19.3 Å². The zero-order chi connectivity index (χ0) is 10.6. The molecule has 1 aliphatic heterocycles. The summed E-state index contributed by atoms with van der Waals surface area (Å²) in [5.41, 5.74) is 0. The highest BCUT2D eigenvalue weighted by atomic mass is 19.3. The Hall–Kier alpha value is -0.710. The molecule has 0 aliphatic carbocycles. The van der Waals surface area contributed by atoms with Gasteiger partial charge in [-0.15, -0.1) is 0 Å². The first-order valence-corrected chi connectivity index (χ1v) is 4.83. The highest BCUT2D eigenvalue weighted by molar-refractivity contribution is 5.69. The number of carboxylic acid groups (broad SMARTS) is 1. The second-order valence-electron chi connectivity index (χ2n) is 3.66. The van der Waals surface area contributed by atoms with Crippen LogP contribution < -0.4 is 0 Å². The van der Waals surface area contributed by atoms with Crippen molar-refractivity contribution in [1.82, 2.24) is 4.90 Å². The van der Waals surface area contributed by atoms with E-state index < -0.39 is 12.4 Å². The molecule has 1 unspecified atom stereocenters. The first-order chi connectivity index (χ1) is 6.59. The molecule has 0 aromatic rings. The normalized spacial score (nSPS) is 24.9. The SMILES string of the molecule is O=C(O)C1CCCN(CC(F)F)CC1. The molecule has 0 aromatic carbocycles. The second-order valence-corrected chi connectivity index (χ2v) is 3.66. The van der Waals surface area contributed by atoms with Crippen LogP contribution >= 0.6 is 0 Å². The summed E-state index contributed by atoms with van der Waals surface area (Å²) in [6.45, 7) is 0.835. The van der Waals surface area contributed by atoms with E-state index in [4.69, 9.17) is 5.11 Å². The third kappa shape index (κ3) is 3.57. The Balaban J connectivity index is 2.36. The fourth-order valence-electron chi connectivity index (χ4n) is 1.78. The van der Waals surface area contributed by atoms with E-state index >= 15 is 0 Å². The third-order valence-electron chi connectivity index (χ3n) is 2.57. The van der Waals surface area contributed by atoms with Crippen LogP contribution in [0.25, 0.3) is 0 Å². The van der Waals surface area contributed by atoms with E-state index in [2.05, 4.69) is 0 Å². The van der Waals surface area contributed by atoms with Gasteiger partial charge in [0.1, 0.15) is 0 Å². The Morgan fingerprint density at radius 1 is 1.43 bits per heavy atom. The minimum absolute atomic E-state index is 0.230.